The molecule has 1 aliphatic heterocycles. The molecule has 1 N–H and O–H groups in total. The number of benzene rings is 1. The molecule has 6 heteroatoms. The number of rotatable bonds is 3. The van der Waals surface area contributed by atoms with Gasteiger partial charge in [0.2, 0.25) is 5.95 Å². The minimum atomic E-state index is 0.622. The van der Waals surface area contributed by atoms with Crippen molar-refractivity contribution < 1.29 is 0 Å². The number of hydrogen-bond donors (Lipinski definition) is 1. The lowest BCUT2D eigenvalue weighted by atomic mass is 10.3. The maximum absolute atomic E-state index is 5.91. The summed E-state index contributed by atoms with van der Waals surface area (Å²) in [5.41, 5.74) is 1.89. The fourth-order valence-corrected chi connectivity index (χ4v) is 2.59. The van der Waals surface area contributed by atoms with Gasteiger partial charge in [0, 0.05) is 48.6 Å². The highest BCUT2D eigenvalue weighted by Crippen LogP contribution is 2.20. The quantitative estimate of drug-likeness (QED) is 0.943. The van der Waals surface area contributed by atoms with Gasteiger partial charge < -0.3 is 15.1 Å². The van der Waals surface area contributed by atoms with Crippen molar-refractivity contribution in [2.45, 2.75) is 6.92 Å². The van der Waals surface area contributed by atoms with Crippen LogP contribution in [0.25, 0.3) is 0 Å². The van der Waals surface area contributed by atoms with Crippen molar-refractivity contribution in [1.82, 2.24) is 14.9 Å². The Kier molecular flexibility index (Phi) is 4.45. The third kappa shape index (κ3) is 3.67. The van der Waals surface area contributed by atoms with E-state index in [1.165, 1.54) is 0 Å². The van der Waals surface area contributed by atoms with Gasteiger partial charge in [-0.1, -0.05) is 11.6 Å². The molecule has 1 saturated heterocycles. The van der Waals surface area contributed by atoms with Crippen molar-refractivity contribution in [3.05, 3.63) is 41.0 Å². The fraction of sp³-hybridized carbons (Fsp3) is 0.375. The van der Waals surface area contributed by atoms with Crippen LogP contribution in [0.4, 0.5) is 17.5 Å². The summed E-state index contributed by atoms with van der Waals surface area (Å²) in [4.78, 5) is 13.8. The second-order valence-electron chi connectivity index (χ2n) is 5.61. The Morgan fingerprint density at radius 1 is 1.05 bits per heavy atom. The molecule has 0 radical (unpaired) electrons. The minimum absolute atomic E-state index is 0.622. The summed E-state index contributed by atoms with van der Waals surface area (Å²) in [7, 11) is 2.15. The lowest BCUT2D eigenvalue weighted by molar-refractivity contribution is 0.312. The molecule has 1 fully saturated rings. The van der Waals surface area contributed by atoms with Crippen LogP contribution in [0.5, 0.6) is 0 Å². The van der Waals surface area contributed by atoms with Crippen molar-refractivity contribution in [2.24, 2.45) is 0 Å². The summed E-state index contributed by atoms with van der Waals surface area (Å²) < 4.78 is 0. The van der Waals surface area contributed by atoms with Crippen LogP contribution < -0.4 is 10.2 Å². The first kappa shape index (κ1) is 15.1. The van der Waals surface area contributed by atoms with E-state index in [1.54, 1.807) is 0 Å². The summed E-state index contributed by atoms with van der Waals surface area (Å²) in [5.74, 6) is 1.60. The average molecular weight is 318 g/mol. The zero-order chi connectivity index (χ0) is 15.5. The van der Waals surface area contributed by atoms with Gasteiger partial charge in [-0.2, -0.15) is 4.98 Å². The number of aryl methyl sites for hydroxylation is 1. The highest BCUT2D eigenvalue weighted by atomic mass is 35.5. The van der Waals surface area contributed by atoms with Crippen LogP contribution in [0.3, 0.4) is 0 Å². The first-order valence-corrected chi connectivity index (χ1v) is 7.80. The minimum Gasteiger partial charge on any atom is -0.354 e. The van der Waals surface area contributed by atoms with E-state index in [0.29, 0.717) is 11.0 Å². The van der Waals surface area contributed by atoms with E-state index in [4.69, 9.17) is 11.6 Å². The molecule has 116 valence electrons. The highest BCUT2D eigenvalue weighted by Gasteiger charge is 2.16. The molecule has 5 nitrogen and oxygen atoms in total. The first-order chi connectivity index (χ1) is 10.6. The number of nitrogens with one attached hydrogen (secondary N) is 1. The Hall–Kier alpha value is -1.85. The van der Waals surface area contributed by atoms with Crippen molar-refractivity contribution in [3.63, 3.8) is 0 Å². The molecule has 0 atom stereocenters. The number of hydrogen-bond acceptors (Lipinski definition) is 5. The van der Waals surface area contributed by atoms with Gasteiger partial charge in [0.25, 0.3) is 0 Å². The molecule has 1 aliphatic rings. The smallest absolute Gasteiger partial charge is 0.229 e. The molecule has 22 heavy (non-hydrogen) atoms. The molecule has 0 bridgehead atoms. The predicted octanol–water partition coefficient (Wildman–Crippen LogP) is 2.93. The van der Waals surface area contributed by atoms with E-state index < -0.39 is 0 Å². The molecule has 0 saturated carbocycles. The zero-order valence-electron chi connectivity index (χ0n) is 12.9. The van der Waals surface area contributed by atoms with Gasteiger partial charge in [0.1, 0.15) is 5.82 Å². The summed E-state index contributed by atoms with van der Waals surface area (Å²) in [6.45, 7) is 6.10. The van der Waals surface area contributed by atoms with Crippen molar-refractivity contribution in [3.8, 4) is 0 Å². The molecule has 0 unspecified atom stereocenters. The average Bonchev–Trinajstić information content (AvgIpc) is 2.50. The van der Waals surface area contributed by atoms with Crippen LogP contribution in [0.15, 0.2) is 30.3 Å². The molecule has 0 amide bonds. The van der Waals surface area contributed by atoms with Gasteiger partial charge in [-0.3, -0.25) is 0 Å². The molecular weight excluding hydrogens is 298 g/mol. The van der Waals surface area contributed by atoms with E-state index in [2.05, 4.69) is 32.1 Å². The van der Waals surface area contributed by atoms with Gasteiger partial charge in [-0.05, 0) is 38.2 Å². The summed E-state index contributed by atoms with van der Waals surface area (Å²) in [6.07, 6.45) is 0. The number of nitrogens with zero attached hydrogens (tertiary/aromatic N) is 4. The monoisotopic (exact) mass is 317 g/mol. The third-order valence-electron chi connectivity index (χ3n) is 3.77. The molecule has 1 aromatic heterocycles. The van der Waals surface area contributed by atoms with Gasteiger partial charge in [0.15, 0.2) is 0 Å². The molecule has 2 heterocycles. The number of likely N-dealkylation sites (N-methyl/N-ethyl adjacent to an activating group) is 1. The fourth-order valence-electron chi connectivity index (χ4n) is 2.47. The normalized spacial score (nSPS) is 15.9. The predicted molar refractivity (Wildman–Crippen MR) is 91.2 cm³/mol. The molecule has 0 aliphatic carbocycles. The second kappa shape index (κ2) is 6.50. The second-order valence-corrected chi connectivity index (χ2v) is 6.05. The van der Waals surface area contributed by atoms with Gasteiger partial charge in [0.05, 0.1) is 0 Å². The number of anilines is 3. The van der Waals surface area contributed by atoms with Gasteiger partial charge in [-0.15, -0.1) is 0 Å². The molecular formula is C16H20ClN5. The summed E-state index contributed by atoms with van der Waals surface area (Å²) in [5, 5.41) is 3.96. The lowest BCUT2D eigenvalue weighted by Crippen LogP contribution is -2.44. The maximum atomic E-state index is 5.91. The maximum Gasteiger partial charge on any atom is 0.229 e. The van der Waals surface area contributed by atoms with Crippen molar-refractivity contribution in [2.75, 3.05) is 43.4 Å². The highest BCUT2D eigenvalue weighted by molar-refractivity contribution is 6.30. The van der Waals surface area contributed by atoms with Crippen LogP contribution >= 0.6 is 11.6 Å². The Morgan fingerprint density at radius 2 is 1.73 bits per heavy atom. The van der Waals surface area contributed by atoms with E-state index >= 15 is 0 Å². The largest absolute Gasteiger partial charge is 0.354 e. The Morgan fingerprint density at radius 3 is 2.41 bits per heavy atom. The van der Waals surface area contributed by atoms with Crippen LogP contribution in [-0.2, 0) is 0 Å². The number of aromatic nitrogens is 2. The van der Waals surface area contributed by atoms with E-state index in [0.717, 1.165) is 43.4 Å². The van der Waals surface area contributed by atoms with Crippen LogP contribution in [0.2, 0.25) is 5.02 Å². The van der Waals surface area contributed by atoms with Crippen LogP contribution in [0, 0.1) is 6.92 Å². The number of halogens is 1. The Labute approximate surface area is 135 Å². The third-order valence-corrected chi connectivity index (χ3v) is 4.02. The SMILES string of the molecule is Cc1cc(N2CCN(C)CC2)nc(Nc2ccc(Cl)cc2)n1. The molecule has 2 aromatic rings. The van der Waals surface area contributed by atoms with E-state index in [9.17, 15) is 0 Å². The van der Waals surface area contributed by atoms with E-state index in [1.807, 2.05) is 37.3 Å². The van der Waals surface area contributed by atoms with Crippen LogP contribution in [-0.4, -0.2) is 48.1 Å². The summed E-state index contributed by atoms with van der Waals surface area (Å²) >= 11 is 5.91. The van der Waals surface area contributed by atoms with E-state index in [-0.39, 0.29) is 0 Å². The molecule has 3 rings (SSSR count). The topological polar surface area (TPSA) is 44.3 Å². The first-order valence-electron chi connectivity index (χ1n) is 7.42. The van der Waals surface area contributed by atoms with Gasteiger partial charge in [-0.25, -0.2) is 4.98 Å². The van der Waals surface area contributed by atoms with Crippen molar-refractivity contribution in [1.29, 1.82) is 0 Å². The standard InChI is InChI=1S/C16H20ClN5/c1-12-11-15(22-9-7-21(2)8-10-22)20-16(18-12)19-14-5-3-13(17)4-6-14/h3-6,11H,7-10H2,1-2H3,(H,18,19,20). The number of piperazine rings is 1. The van der Waals surface area contributed by atoms with Gasteiger partial charge >= 0.3 is 0 Å². The summed E-state index contributed by atoms with van der Waals surface area (Å²) in [6, 6.07) is 9.58. The van der Waals surface area contributed by atoms with Crippen molar-refractivity contribution >= 4 is 29.1 Å². The lowest BCUT2D eigenvalue weighted by Gasteiger charge is -2.33. The van der Waals surface area contributed by atoms with Crippen LogP contribution in [0.1, 0.15) is 5.69 Å². The molecule has 1 aromatic carbocycles. The Balaban J connectivity index is 1.79. The zero-order valence-corrected chi connectivity index (χ0v) is 13.6. The molecule has 0 spiro atoms. The Bertz CT molecular complexity index is 635.